The molecule has 1 N–H and O–H groups in total. The largest absolute Gasteiger partial charge is 0.352 e. The number of aromatic nitrogens is 2. The number of carbonyl (C=O) groups excluding carboxylic acids is 1. The van der Waals surface area contributed by atoms with Crippen molar-refractivity contribution in [2.24, 2.45) is 13.0 Å². The van der Waals surface area contributed by atoms with Crippen LogP contribution in [0.4, 0.5) is 0 Å². The minimum absolute atomic E-state index is 0.173. The molecule has 22 heavy (non-hydrogen) atoms. The van der Waals surface area contributed by atoms with Crippen molar-refractivity contribution in [2.45, 2.75) is 51.0 Å². The van der Waals surface area contributed by atoms with Gasteiger partial charge in [0.2, 0.25) is 5.91 Å². The van der Waals surface area contributed by atoms with Crippen molar-refractivity contribution in [3.8, 4) is 0 Å². The molecule has 0 saturated heterocycles. The molecule has 1 aromatic heterocycles. The zero-order chi connectivity index (χ0) is 15.1. The number of hydrogen-bond donors (Lipinski definition) is 1. The van der Waals surface area contributed by atoms with E-state index in [0.717, 1.165) is 23.4 Å². The molecule has 0 spiro atoms. The van der Waals surface area contributed by atoms with Gasteiger partial charge in [0, 0.05) is 25.9 Å². The summed E-state index contributed by atoms with van der Waals surface area (Å²) in [5.74, 6) is 2.85. The summed E-state index contributed by atoms with van der Waals surface area (Å²) in [5, 5.41) is 3.03. The fourth-order valence-corrected chi connectivity index (χ4v) is 3.11. The number of aryl methyl sites for hydroxylation is 1. The minimum Gasteiger partial charge on any atom is -0.352 e. The van der Waals surface area contributed by atoms with E-state index in [1.807, 2.05) is 0 Å². The van der Waals surface area contributed by atoms with E-state index < -0.39 is 0 Å². The summed E-state index contributed by atoms with van der Waals surface area (Å²) in [5.41, 5.74) is 3.37. The van der Waals surface area contributed by atoms with Gasteiger partial charge in [-0.05, 0) is 42.9 Å². The number of amides is 1. The lowest BCUT2D eigenvalue weighted by Crippen LogP contribution is -2.22. The first-order valence-corrected chi connectivity index (χ1v) is 8.42. The molecule has 1 amide bonds. The van der Waals surface area contributed by atoms with Crippen LogP contribution >= 0.6 is 0 Å². The highest BCUT2D eigenvalue weighted by molar-refractivity contribution is 5.78. The van der Waals surface area contributed by atoms with Gasteiger partial charge in [-0.1, -0.05) is 18.9 Å². The number of imidazole rings is 1. The van der Waals surface area contributed by atoms with E-state index in [1.165, 1.54) is 37.0 Å². The number of carbonyl (C=O) groups is 1. The topological polar surface area (TPSA) is 46.9 Å². The van der Waals surface area contributed by atoms with Crippen LogP contribution in [0.25, 0.3) is 11.0 Å². The zero-order valence-electron chi connectivity index (χ0n) is 13.1. The highest BCUT2D eigenvalue weighted by Crippen LogP contribution is 2.40. The molecule has 0 unspecified atom stereocenters. The van der Waals surface area contributed by atoms with Gasteiger partial charge in [0.1, 0.15) is 5.82 Å². The van der Waals surface area contributed by atoms with Crippen LogP contribution in [-0.4, -0.2) is 15.5 Å². The van der Waals surface area contributed by atoms with E-state index in [4.69, 9.17) is 4.98 Å². The second-order valence-electron chi connectivity index (χ2n) is 6.89. The van der Waals surface area contributed by atoms with Gasteiger partial charge >= 0.3 is 0 Å². The molecule has 0 bridgehead atoms. The molecule has 2 aliphatic carbocycles. The average molecular weight is 297 g/mol. The van der Waals surface area contributed by atoms with Crippen molar-refractivity contribution in [2.75, 3.05) is 0 Å². The lowest BCUT2D eigenvalue weighted by molar-refractivity contribution is -0.121. The van der Waals surface area contributed by atoms with E-state index in [-0.39, 0.29) is 5.91 Å². The Morgan fingerprint density at radius 1 is 1.32 bits per heavy atom. The maximum atomic E-state index is 11.8. The fourth-order valence-electron chi connectivity index (χ4n) is 3.11. The first-order valence-electron chi connectivity index (χ1n) is 8.42. The second-order valence-corrected chi connectivity index (χ2v) is 6.89. The van der Waals surface area contributed by atoms with Crippen LogP contribution in [-0.2, 0) is 18.4 Å². The third kappa shape index (κ3) is 2.87. The number of fused-ring (bicyclic) bond motifs is 1. The SMILES string of the molecule is Cn1c(C2CC2)nc2cc(CNC(=O)CCC3CC3)ccc21. The molecule has 1 heterocycles. The number of nitrogens with zero attached hydrogens (tertiary/aromatic N) is 2. The highest BCUT2D eigenvalue weighted by atomic mass is 16.1. The predicted molar refractivity (Wildman–Crippen MR) is 86.5 cm³/mol. The Labute approximate surface area is 130 Å². The molecular weight excluding hydrogens is 274 g/mol. The van der Waals surface area contributed by atoms with Crippen LogP contribution in [0.15, 0.2) is 18.2 Å². The summed E-state index contributed by atoms with van der Waals surface area (Å²) in [4.78, 5) is 16.6. The molecule has 4 rings (SSSR count). The molecule has 0 radical (unpaired) electrons. The summed E-state index contributed by atoms with van der Waals surface area (Å²) in [6.07, 6.45) is 6.88. The quantitative estimate of drug-likeness (QED) is 0.889. The van der Waals surface area contributed by atoms with E-state index >= 15 is 0 Å². The van der Waals surface area contributed by atoms with E-state index in [0.29, 0.717) is 18.9 Å². The van der Waals surface area contributed by atoms with Gasteiger partial charge in [-0.2, -0.15) is 0 Å². The van der Waals surface area contributed by atoms with Gasteiger partial charge in [-0.3, -0.25) is 4.79 Å². The van der Waals surface area contributed by atoms with Gasteiger partial charge in [-0.25, -0.2) is 4.98 Å². The molecular formula is C18H23N3O. The van der Waals surface area contributed by atoms with Gasteiger partial charge in [-0.15, -0.1) is 0 Å². The number of rotatable bonds is 6. The van der Waals surface area contributed by atoms with Gasteiger partial charge < -0.3 is 9.88 Å². The van der Waals surface area contributed by atoms with Crippen LogP contribution in [0.5, 0.6) is 0 Å². The van der Waals surface area contributed by atoms with Crippen molar-refractivity contribution in [1.29, 1.82) is 0 Å². The summed E-state index contributed by atoms with van der Waals surface area (Å²) in [7, 11) is 2.10. The molecule has 2 aromatic rings. The van der Waals surface area contributed by atoms with Gasteiger partial charge in [0.05, 0.1) is 11.0 Å². The predicted octanol–water partition coefficient (Wildman–Crippen LogP) is 3.26. The first kappa shape index (κ1) is 13.8. The van der Waals surface area contributed by atoms with Crippen LogP contribution in [0, 0.1) is 5.92 Å². The van der Waals surface area contributed by atoms with Crippen LogP contribution in [0.3, 0.4) is 0 Å². The average Bonchev–Trinajstić information content (AvgIpc) is 3.42. The highest BCUT2D eigenvalue weighted by Gasteiger charge is 2.28. The molecule has 0 atom stereocenters. The third-order valence-electron chi connectivity index (χ3n) is 4.89. The Bertz CT molecular complexity index is 710. The van der Waals surface area contributed by atoms with Crippen molar-refractivity contribution in [1.82, 2.24) is 14.9 Å². The van der Waals surface area contributed by atoms with E-state index in [1.54, 1.807) is 0 Å². The monoisotopic (exact) mass is 297 g/mol. The Morgan fingerprint density at radius 2 is 2.14 bits per heavy atom. The number of benzene rings is 1. The Morgan fingerprint density at radius 3 is 2.86 bits per heavy atom. The number of nitrogens with one attached hydrogen (secondary N) is 1. The second kappa shape index (κ2) is 5.41. The van der Waals surface area contributed by atoms with Crippen molar-refractivity contribution < 1.29 is 4.79 Å². The first-order chi connectivity index (χ1) is 10.7. The Kier molecular flexibility index (Phi) is 3.40. The molecule has 2 aliphatic rings. The van der Waals surface area contributed by atoms with Crippen LogP contribution in [0.2, 0.25) is 0 Å². The van der Waals surface area contributed by atoms with E-state index in [2.05, 4.69) is 35.1 Å². The lowest BCUT2D eigenvalue weighted by Gasteiger charge is -2.05. The zero-order valence-corrected chi connectivity index (χ0v) is 13.1. The molecule has 1 aromatic carbocycles. The molecule has 4 nitrogen and oxygen atoms in total. The summed E-state index contributed by atoms with van der Waals surface area (Å²) in [6, 6.07) is 6.34. The number of hydrogen-bond acceptors (Lipinski definition) is 2. The maximum absolute atomic E-state index is 11.8. The summed E-state index contributed by atoms with van der Waals surface area (Å²) < 4.78 is 2.21. The van der Waals surface area contributed by atoms with Crippen molar-refractivity contribution >= 4 is 16.9 Å². The third-order valence-corrected chi connectivity index (χ3v) is 4.89. The molecule has 0 aliphatic heterocycles. The summed E-state index contributed by atoms with van der Waals surface area (Å²) >= 11 is 0. The van der Waals surface area contributed by atoms with E-state index in [9.17, 15) is 4.79 Å². The summed E-state index contributed by atoms with van der Waals surface area (Å²) in [6.45, 7) is 0.606. The normalized spacial score (nSPS) is 17.9. The van der Waals surface area contributed by atoms with Crippen molar-refractivity contribution in [3.63, 3.8) is 0 Å². The van der Waals surface area contributed by atoms with Crippen LogP contribution in [0.1, 0.15) is 55.8 Å². The van der Waals surface area contributed by atoms with Gasteiger partial charge in [0.25, 0.3) is 0 Å². The molecule has 4 heteroatoms. The van der Waals surface area contributed by atoms with Gasteiger partial charge in [0.15, 0.2) is 0 Å². The molecule has 2 saturated carbocycles. The fraction of sp³-hybridized carbons (Fsp3) is 0.556. The molecule has 2 fully saturated rings. The minimum atomic E-state index is 0.173. The maximum Gasteiger partial charge on any atom is 0.220 e. The molecule has 116 valence electrons. The standard InChI is InChI=1S/C18H23N3O/c1-21-16-8-4-13(10-15(16)20-18(21)14-6-7-14)11-19-17(22)9-5-12-2-3-12/h4,8,10,12,14H,2-3,5-7,9,11H2,1H3,(H,19,22). The lowest BCUT2D eigenvalue weighted by atomic mass is 10.2. The smallest absolute Gasteiger partial charge is 0.220 e. The Balaban J connectivity index is 1.42. The Hall–Kier alpha value is -1.84. The van der Waals surface area contributed by atoms with Crippen LogP contribution < -0.4 is 5.32 Å². The van der Waals surface area contributed by atoms with Crippen molar-refractivity contribution in [3.05, 3.63) is 29.6 Å².